The number of benzene rings is 3. The average Bonchev–Trinajstić information content (AvgIpc) is 2.89. The van der Waals surface area contributed by atoms with Crippen molar-refractivity contribution in [3.63, 3.8) is 0 Å². The lowest BCUT2D eigenvalue weighted by molar-refractivity contribution is -0.139. The third kappa shape index (κ3) is 6.83. The van der Waals surface area contributed by atoms with Crippen LogP contribution in [-0.2, 0) is 30.5 Å². The number of fused-ring (bicyclic) bond motifs is 1. The second-order valence-electron chi connectivity index (χ2n) is 9.58. The minimum absolute atomic E-state index is 0.0144. The van der Waals surface area contributed by atoms with Crippen molar-refractivity contribution >= 4 is 17.3 Å². The van der Waals surface area contributed by atoms with Gasteiger partial charge in [0.05, 0.1) is 12.1 Å². The zero-order valence-electron chi connectivity index (χ0n) is 21.3. The molecule has 0 aliphatic carbocycles. The zero-order valence-corrected chi connectivity index (χ0v) is 21.3. The Bertz CT molecular complexity index is 1200. The number of likely N-dealkylation sites (N-methyl/N-ethyl adjacent to an activating group) is 1. The first-order valence-corrected chi connectivity index (χ1v) is 12.4. The molecule has 3 aromatic carbocycles. The van der Waals surface area contributed by atoms with Crippen LogP contribution in [0.2, 0.25) is 0 Å². The molecule has 0 saturated carbocycles. The van der Waals surface area contributed by atoms with Crippen LogP contribution in [0.15, 0.2) is 72.8 Å². The summed E-state index contributed by atoms with van der Waals surface area (Å²) in [6.45, 7) is 2.46. The summed E-state index contributed by atoms with van der Waals surface area (Å²) in [7, 11) is 3.75. The fourth-order valence-corrected chi connectivity index (χ4v) is 4.67. The number of carbonyl (C=O) groups excluding carboxylic acids is 1. The molecule has 1 amide bonds. The molecule has 0 saturated heterocycles. The summed E-state index contributed by atoms with van der Waals surface area (Å²) in [5.74, 6) is -0.238. The van der Waals surface area contributed by atoms with Crippen LogP contribution in [0.4, 0.5) is 24.5 Å². The molecule has 37 heavy (non-hydrogen) atoms. The van der Waals surface area contributed by atoms with Gasteiger partial charge in [-0.3, -0.25) is 4.79 Å². The molecular weight excluding hydrogens is 477 g/mol. The highest BCUT2D eigenvalue weighted by molar-refractivity contribution is 5.81. The lowest BCUT2D eigenvalue weighted by Gasteiger charge is -2.32. The number of alkyl halides is 3. The first-order chi connectivity index (χ1) is 17.7. The zero-order chi connectivity index (χ0) is 26.4. The number of para-hydroxylation sites is 1. The highest BCUT2D eigenvalue weighted by Crippen LogP contribution is 2.33. The van der Waals surface area contributed by atoms with Crippen molar-refractivity contribution in [2.24, 2.45) is 0 Å². The van der Waals surface area contributed by atoms with Crippen LogP contribution in [0.5, 0.6) is 0 Å². The number of hydrogen-bond acceptors (Lipinski definition) is 4. The second kappa shape index (κ2) is 11.7. The number of anilines is 2. The highest BCUT2D eigenvalue weighted by atomic mass is 19.4. The van der Waals surface area contributed by atoms with Gasteiger partial charge in [0.15, 0.2) is 0 Å². The van der Waals surface area contributed by atoms with E-state index in [2.05, 4.69) is 28.4 Å². The van der Waals surface area contributed by atoms with E-state index in [9.17, 15) is 18.0 Å². The predicted molar refractivity (Wildman–Crippen MR) is 142 cm³/mol. The Hall–Kier alpha value is -3.52. The smallest absolute Gasteiger partial charge is 0.376 e. The predicted octanol–water partition coefficient (Wildman–Crippen LogP) is 5.27. The molecule has 3 aromatic rings. The van der Waals surface area contributed by atoms with Crippen molar-refractivity contribution in [3.8, 4) is 0 Å². The first kappa shape index (κ1) is 26.5. The minimum Gasteiger partial charge on any atom is -0.376 e. The third-order valence-corrected chi connectivity index (χ3v) is 6.67. The maximum absolute atomic E-state index is 13.6. The van der Waals surface area contributed by atoms with E-state index in [1.54, 1.807) is 6.07 Å². The summed E-state index contributed by atoms with van der Waals surface area (Å²) in [4.78, 5) is 19.0. The van der Waals surface area contributed by atoms with Crippen LogP contribution in [-0.4, -0.2) is 56.0 Å². The second-order valence-corrected chi connectivity index (χ2v) is 9.58. The molecule has 4 rings (SSSR count). The lowest BCUT2D eigenvalue weighted by atomic mass is 9.97. The molecule has 0 bridgehead atoms. The summed E-state index contributed by atoms with van der Waals surface area (Å²) in [6, 6.07) is 21.8. The Morgan fingerprint density at radius 3 is 2.41 bits per heavy atom. The van der Waals surface area contributed by atoms with Crippen molar-refractivity contribution in [1.82, 2.24) is 9.80 Å². The number of nitrogens with one attached hydrogen (secondary N) is 1. The van der Waals surface area contributed by atoms with Gasteiger partial charge in [0.2, 0.25) is 5.91 Å². The van der Waals surface area contributed by atoms with E-state index in [-0.39, 0.29) is 24.6 Å². The van der Waals surface area contributed by atoms with Crippen LogP contribution in [0, 0.1) is 0 Å². The van der Waals surface area contributed by atoms with E-state index >= 15 is 0 Å². The van der Waals surface area contributed by atoms with Gasteiger partial charge < -0.3 is 20.0 Å². The molecule has 0 atom stereocenters. The fraction of sp³-hybridized carbons (Fsp3) is 0.345. The summed E-state index contributed by atoms with van der Waals surface area (Å²) < 4.78 is 40.7. The molecule has 0 radical (unpaired) electrons. The van der Waals surface area contributed by atoms with Crippen molar-refractivity contribution in [3.05, 3.63) is 95.1 Å². The van der Waals surface area contributed by atoms with Crippen molar-refractivity contribution in [1.29, 1.82) is 0 Å². The SMILES string of the molecule is CN(C)CCN(Cc1ccccc1C(F)(F)F)C(=O)CNc1cccc2c1CCN(c1ccccc1)C2. The van der Waals surface area contributed by atoms with Gasteiger partial charge in [-0.2, -0.15) is 13.2 Å². The molecule has 5 nitrogen and oxygen atoms in total. The van der Waals surface area contributed by atoms with Crippen LogP contribution >= 0.6 is 0 Å². The average molecular weight is 511 g/mol. The van der Waals surface area contributed by atoms with Crippen LogP contribution in [0.25, 0.3) is 0 Å². The standard InChI is InChI=1S/C29H33F3N4O/c1-34(2)17-18-36(21-23-9-6-7-13-26(23)29(30,31)32)28(37)19-33-27-14-8-10-22-20-35(16-15-25(22)27)24-11-4-3-5-12-24/h3-14,33H,15-21H2,1-2H3. The fourth-order valence-electron chi connectivity index (χ4n) is 4.67. The quantitative estimate of drug-likeness (QED) is 0.426. The molecule has 1 heterocycles. The maximum atomic E-state index is 13.6. The Morgan fingerprint density at radius 1 is 0.946 bits per heavy atom. The van der Waals surface area contributed by atoms with E-state index in [1.807, 2.05) is 49.3 Å². The molecule has 1 N–H and O–H groups in total. The summed E-state index contributed by atoms with van der Waals surface area (Å²) in [5, 5.41) is 3.28. The monoisotopic (exact) mass is 510 g/mol. The Balaban J connectivity index is 1.46. The van der Waals surface area contributed by atoms with Gasteiger partial charge in [-0.1, -0.05) is 48.5 Å². The van der Waals surface area contributed by atoms with Gasteiger partial charge in [-0.05, 0) is 61.5 Å². The largest absolute Gasteiger partial charge is 0.416 e. The molecule has 0 aromatic heterocycles. The van der Waals surface area contributed by atoms with Gasteiger partial charge in [0.25, 0.3) is 0 Å². The lowest BCUT2D eigenvalue weighted by Crippen LogP contribution is -2.40. The molecule has 0 spiro atoms. The van der Waals surface area contributed by atoms with Crippen molar-refractivity contribution < 1.29 is 18.0 Å². The number of hydrogen-bond donors (Lipinski definition) is 1. The van der Waals surface area contributed by atoms with Crippen molar-refractivity contribution in [2.45, 2.75) is 25.7 Å². The van der Waals surface area contributed by atoms with Gasteiger partial charge in [-0.15, -0.1) is 0 Å². The molecule has 0 fully saturated rings. The Kier molecular flexibility index (Phi) is 8.38. The Labute approximate surface area is 216 Å². The number of amides is 1. The van der Waals surface area contributed by atoms with E-state index < -0.39 is 11.7 Å². The van der Waals surface area contributed by atoms with E-state index in [1.165, 1.54) is 33.8 Å². The Morgan fingerprint density at radius 2 is 1.68 bits per heavy atom. The number of rotatable bonds is 9. The van der Waals surface area contributed by atoms with Gasteiger partial charge in [0.1, 0.15) is 0 Å². The van der Waals surface area contributed by atoms with Crippen LogP contribution in [0.1, 0.15) is 22.3 Å². The minimum atomic E-state index is -4.47. The normalized spacial score (nSPS) is 13.4. The molecule has 196 valence electrons. The number of halogens is 3. The molecular formula is C29H33F3N4O. The topological polar surface area (TPSA) is 38.8 Å². The van der Waals surface area contributed by atoms with E-state index in [0.29, 0.717) is 13.1 Å². The van der Waals surface area contributed by atoms with Crippen molar-refractivity contribution in [2.75, 3.05) is 50.5 Å². The van der Waals surface area contributed by atoms with E-state index in [0.717, 1.165) is 31.3 Å². The summed E-state index contributed by atoms with van der Waals surface area (Å²) >= 11 is 0. The van der Waals surface area contributed by atoms with Crippen LogP contribution < -0.4 is 10.2 Å². The van der Waals surface area contributed by atoms with Gasteiger partial charge in [0, 0.05) is 44.1 Å². The van der Waals surface area contributed by atoms with Gasteiger partial charge >= 0.3 is 6.18 Å². The number of nitrogens with zero attached hydrogens (tertiary/aromatic N) is 3. The summed E-state index contributed by atoms with van der Waals surface area (Å²) in [5.41, 5.74) is 3.87. The molecule has 1 aliphatic heterocycles. The summed E-state index contributed by atoms with van der Waals surface area (Å²) in [6.07, 6.45) is -3.63. The van der Waals surface area contributed by atoms with Gasteiger partial charge in [-0.25, -0.2) is 0 Å². The highest BCUT2D eigenvalue weighted by Gasteiger charge is 2.33. The molecule has 0 unspecified atom stereocenters. The first-order valence-electron chi connectivity index (χ1n) is 12.4. The van der Waals surface area contributed by atoms with Crippen LogP contribution in [0.3, 0.4) is 0 Å². The van der Waals surface area contributed by atoms with E-state index in [4.69, 9.17) is 0 Å². The number of carbonyl (C=O) groups is 1. The molecule has 8 heteroatoms. The maximum Gasteiger partial charge on any atom is 0.416 e. The molecule has 1 aliphatic rings. The third-order valence-electron chi connectivity index (χ3n) is 6.67.